The summed E-state index contributed by atoms with van der Waals surface area (Å²) in [4.78, 5) is 35.0. The van der Waals surface area contributed by atoms with Crippen molar-refractivity contribution < 1.29 is 32.4 Å². The van der Waals surface area contributed by atoms with Gasteiger partial charge in [-0.15, -0.1) is 0 Å². The number of benzene rings is 2. The lowest BCUT2D eigenvalue weighted by atomic mass is 10.2. The average molecular weight is 397 g/mol. The topological polar surface area (TPSA) is 102 Å². The second-order valence-electron chi connectivity index (χ2n) is 5.53. The van der Waals surface area contributed by atoms with E-state index < -0.39 is 53.0 Å². The second-order valence-corrected chi connectivity index (χ2v) is 5.53. The van der Waals surface area contributed by atoms with Crippen LogP contribution in [0.25, 0.3) is 0 Å². The smallest absolute Gasteiger partial charge is 0.310 e. The van der Waals surface area contributed by atoms with Crippen molar-refractivity contribution in [2.75, 3.05) is 25.5 Å². The third kappa shape index (κ3) is 4.96. The van der Waals surface area contributed by atoms with Gasteiger partial charge in [0.25, 0.3) is 5.91 Å². The number of rotatable bonds is 7. The first-order chi connectivity index (χ1) is 13.2. The summed E-state index contributed by atoms with van der Waals surface area (Å²) in [5.41, 5.74) is -0.912. The number of nitrogens with zero attached hydrogens (tertiary/aromatic N) is 2. The Bertz CT molecular complexity index is 923. The molecule has 0 bridgehead atoms. The minimum atomic E-state index is -1.74. The van der Waals surface area contributed by atoms with Crippen LogP contribution in [-0.4, -0.2) is 41.8 Å². The van der Waals surface area contributed by atoms with Crippen LogP contribution in [0.15, 0.2) is 36.4 Å². The molecule has 11 heteroatoms. The third-order valence-corrected chi connectivity index (χ3v) is 3.53. The van der Waals surface area contributed by atoms with E-state index >= 15 is 0 Å². The number of nitrogens with one attached hydrogen (secondary N) is 1. The van der Waals surface area contributed by atoms with Crippen molar-refractivity contribution in [3.8, 4) is 5.75 Å². The molecule has 0 fully saturated rings. The van der Waals surface area contributed by atoms with Crippen LogP contribution < -0.4 is 10.1 Å². The number of ether oxygens (including phenoxy) is 1. The second kappa shape index (κ2) is 8.84. The zero-order valence-electron chi connectivity index (χ0n) is 14.4. The summed E-state index contributed by atoms with van der Waals surface area (Å²) in [6.45, 7) is -1.13. The Kier molecular flexibility index (Phi) is 6.53. The molecule has 2 rings (SSSR count). The summed E-state index contributed by atoms with van der Waals surface area (Å²) in [6, 6.07) is 6.91. The van der Waals surface area contributed by atoms with E-state index in [0.29, 0.717) is 6.07 Å². The predicted octanol–water partition coefficient (Wildman–Crippen LogP) is 2.49. The first-order valence-electron chi connectivity index (χ1n) is 7.74. The maximum atomic E-state index is 13.5. The first kappa shape index (κ1) is 20.7. The lowest BCUT2D eigenvalue weighted by Crippen LogP contribution is -2.37. The van der Waals surface area contributed by atoms with Crippen molar-refractivity contribution in [2.24, 2.45) is 0 Å². The Morgan fingerprint density at radius 1 is 1.14 bits per heavy atom. The predicted molar refractivity (Wildman–Crippen MR) is 91.2 cm³/mol. The highest BCUT2D eigenvalue weighted by molar-refractivity contribution is 5.94. The van der Waals surface area contributed by atoms with Gasteiger partial charge in [0.1, 0.15) is 0 Å². The molecule has 0 heterocycles. The Morgan fingerprint density at radius 2 is 1.82 bits per heavy atom. The zero-order valence-corrected chi connectivity index (χ0v) is 14.4. The molecule has 0 unspecified atom stereocenters. The highest BCUT2D eigenvalue weighted by Crippen LogP contribution is 2.25. The van der Waals surface area contributed by atoms with E-state index in [2.05, 4.69) is 0 Å². The van der Waals surface area contributed by atoms with E-state index in [1.807, 2.05) is 5.32 Å². The van der Waals surface area contributed by atoms with Gasteiger partial charge in [-0.2, -0.15) is 0 Å². The fraction of sp³-hybridized carbons (Fsp3) is 0.176. The number of para-hydroxylation sites is 2. The molecule has 2 aromatic rings. The molecule has 2 aromatic carbocycles. The molecule has 0 aliphatic heterocycles. The van der Waals surface area contributed by atoms with Gasteiger partial charge in [-0.3, -0.25) is 19.7 Å². The Balaban J connectivity index is 1.93. The summed E-state index contributed by atoms with van der Waals surface area (Å²) >= 11 is 0. The quantitative estimate of drug-likeness (QED) is 0.439. The van der Waals surface area contributed by atoms with Crippen molar-refractivity contribution in [2.45, 2.75) is 0 Å². The van der Waals surface area contributed by atoms with Gasteiger partial charge < -0.3 is 15.0 Å². The van der Waals surface area contributed by atoms with Gasteiger partial charge in [-0.25, -0.2) is 13.2 Å². The van der Waals surface area contributed by atoms with Crippen LogP contribution in [0.4, 0.5) is 24.5 Å². The SMILES string of the molecule is CN(CC(=O)Nc1ccc(F)c(F)c1F)C(=O)COc1ccccc1[N+](=O)[O-]. The minimum Gasteiger partial charge on any atom is -0.477 e. The van der Waals surface area contributed by atoms with Gasteiger partial charge >= 0.3 is 5.69 Å². The average Bonchev–Trinajstić information content (AvgIpc) is 2.66. The number of carbonyl (C=O) groups excluding carboxylic acids is 2. The fourth-order valence-corrected chi connectivity index (χ4v) is 2.10. The lowest BCUT2D eigenvalue weighted by Gasteiger charge is -2.17. The number of nitro groups is 1. The van der Waals surface area contributed by atoms with E-state index in [9.17, 15) is 32.9 Å². The van der Waals surface area contributed by atoms with Crippen LogP contribution in [0.1, 0.15) is 0 Å². The summed E-state index contributed by atoms with van der Waals surface area (Å²) < 4.78 is 44.7. The number of carbonyl (C=O) groups is 2. The molecule has 0 spiro atoms. The van der Waals surface area contributed by atoms with E-state index in [0.717, 1.165) is 11.0 Å². The van der Waals surface area contributed by atoms with Gasteiger partial charge in [0.2, 0.25) is 5.91 Å². The molecule has 28 heavy (non-hydrogen) atoms. The highest BCUT2D eigenvalue weighted by Gasteiger charge is 2.19. The monoisotopic (exact) mass is 397 g/mol. The molecule has 8 nitrogen and oxygen atoms in total. The molecule has 0 aliphatic carbocycles. The number of hydrogen-bond acceptors (Lipinski definition) is 5. The molecule has 0 aromatic heterocycles. The molecular weight excluding hydrogens is 383 g/mol. The van der Waals surface area contributed by atoms with E-state index in [4.69, 9.17) is 4.74 Å². The number of nitro benzene ring substituents is 1. The molecule has 0 saturated heterocycles. The van der Waals surface area contributed by atoms with Crippen LogP contribution in [0.5, 0.6) is 5.75 Å². The lowest BCUT2D eigenvalue weighted by molar-refractivity contribution is -0.385. The van der Waals surface area contributed by atoms with Crippen LogP contribution in [-0.2, 0) is 9.59 Å². The summed E-state index contributed by atoms with van der Waals surface area (Å²) in [7, 11) is 1.24. The van der Waals surface area contributed by atoms with Crippen molar-refractivity contribution in [1.82, 2.24) is 4.90 Å². The van der Waals surface area contributed by atoms with Crippen LogP contribution in [0.2, 0.25) is 0 Å². The van der Waals surface area contributed by atoms with Gasteiger partial charge in [0.05, 0.1) is 17.2 Å². The number of amides is 2. The summed E-state index contributed by atoms with van der Waals surface area (Å²) in [5.74, 6) is -6.40. The van der Waals surface area contributed by atoms with Crippen molar-refractivity contribution in [3.05, 3.63) is 64.0 Å². The van der Waals surface area contributed by atoms with Crippen molar-refractivity contribution in [3.63, 3.8) is 0 Å². The number of halogens is 3. The Labute approximate surface area is 156 Å². The first-order valence-corrected chi connectivity index (χ1v) is 7.74. The summed E-state index contributed by atoms with van der Waals surface area (Å²) in [5, 5.41) is 12.9. The highest BCUT2D eigenvalue weighted by atomic mass is 19.2. The molecule has 1 N–H and O–H groups in total. The molecule has 0 atom stereocenters. The van der Waals surface area contributed by atoms with Crippen LogP contribution >= 0.6 is 0 Å². The standard InChI is InChI=1S/C17H14F3N3O5/c1-22(8-14(24)21-11-7-6-10(18)16(19)17(11)20)15(25)9-28-13-5-3-2-4-12(13)23(26)27/h2-7H,8-9H2,1H3,(H,21,24). The normalized spacial score (nSPS) is 10.3. The Morgan fingerprint density at radius 3 is 2.50 bits per heavy atom. The van der Waals surface area contributed by atoms with Gasteiger partial charge in [-0.1, -0.05) is 12.1 Å². The largest absolute Gasteiger partial charge is 0.477 e. The third-order valence-electron chi connectivity index (χ3n) is 3.53. The maximum absolute atomic E-state index is 13.5. The molecule has 148 valence electrons. The fourth-order valence-electron chi connectivity index (χ4n) is 2.10. The molecule has 0 radical (unpaired) electrons. The number of hydrogen-bond donors (Lipinski definition) is 1. The van der Waals surface area contributed by atoms with E-state index in [-0.39, 0.29) is 11.4 Å². The Hall–Kier alpha value is -3.63. The van der Waals surface area contributed by atoms with Crippen LogP contribution in [0, 0.1) is 27.6 Å². The maximum Gasteiger partial charge on any atom is 0.310 e. The van der Waals surface area contributed by atoms with Crippen LogP contribution in [0.3, 0.4) is 0 Å². The number of likely N-dealkylation sites (N-methyl/N-ethyl adjacent to an activating group) is 1. The van der Waals surface area contributed by atoms with E-state index in [1.165, 1.54) is 31.3 Å². The molecule has 2 amide bonds. The van der Waals surface area contributed by atoms with Gasteiger partial charge in [0, 0.05) is 13.1 Å². The molecule has 0 saturated carbocycles. The minimum absolute atomic E-state index is 0.123. The molecule has 0 aliphatic rings. The zero-order chi connectivity index (χ0) is 20.8. The summed E-state index contributed by atoms with van der Waals surface area (Å²) in [6.07, 6.45) is 0. The van der Waals surface area contributed by atoms with Crippen molar-refractivity contribution >= 4 is 23.2 Å². The van der Waals surface area contributed by atoms with Gasteiger partial charge in [-0.05, 0) is 18.2 Å². The van der Waals surface area contributed by atoms with Gasteiger partial charge in [0.15, 0.2) is 29.8 Å². The molecular formula is C17H14F3N3O5. The van der Waals surface area contributed by atoms with Crippen molar-refractivity contribution in [1.29, 1.82) is 0 Å². The van der Waals surface area contributed by atoms with E-state index in [1.54, 1.807) is 0 Å². The number of anilines is 1.